The summed E-state index contributed by atoms with van der Waals surface area (Å²) < 4.78 is 53.1. The predicted octanol–water partition coefficient (Wildman–Crippen LogP) is 3.72. The molecule has 0 radical (unpaired) electrons. The molecule has 26 heavy (non-hydrogen) atoms. The maximum Gasteiger partial charge on any atom is 0.243 e. The molecule has 0 spiro atoms. The number of hydrogen-bond acceptors (Lipinski definition) is 4. The van der Waals surface area contributed by atoms with Crippen LogP contribution in [0.15, 0.2) is 52.3 Å². The topological polar surface area (TPSA) is 54.5 Å². The Morgan fingerprint density at radius 1 is 1.04 bits per heavy atom. The number of benzene rings is 2. The number of sulfonamides is 1. The van der Waals surface area contributed by atoms with Crippen molar-refractivity contribution < 1.29 is 22.0 Å². The van der Waals surface area contributed by atoms with Gasteiger partial charge in [-0.25, -0.2) is 17.2 Å². The Bertz CT molecular complexity index is 909. The molecule has 0 aromatic heterocycles. The molecule has 1 saturated heterocycles. The van der Waals surface area contributed by atoms with Gasteiger partial charge in [0.2, 0.25) is 10.0 Å². The third-order valence-electron chi connectivity index (χ3n) is 4.13. The fraction of sp³-hybridized carbons (Fsp3) is 0.278. The first-order chi connectivity index (χ1) is 12.4. The standard InChI is InChI=1S/C18H17F2NO3S2/c19-14-5-8-16(20)18(11-14)25-12-17(22)13-3-6-15(7-4-13)26(23,24)21-9-1-2-10-21/h3-8,11H,1-2,9-10,12H2. The Morgan fingerprint density at radius 3 is 2.35 bits per heavy atom. The number of nitrogens with zero attached hydrogens (tertiary/aromatic N) is 1. The molecule has 1 aliphatic heterocycles. The number of thioether (sulfide) groups is 1. The summed E-state index contributed by atoms with van der Waals surface area (Å²) in [6, 6.07) is 8.80. The van der Waals surface area contributed by atoms with Gasteiger partial charge in [0.15, 0.2) is 5.78 Å². The van der Waals surface area contributed by atoms with E-state index in [-0.39, 0.29) is 21.3 Å². The molecule has 0 unspecified atom stereocenters. The lowest BCUT2D eigenvalue weighted by Crippen LogP contribution is -2.27. The lowest BCUT2D eigenvalue weighted by atomic mass is 10.1. The van der Waals surface area contributed by atoms with Gasteiger partial charge in [-0.15, -0.1) is 11.8 Å². The van der Waals surface area contributed by atoms with Gasteiger partial charge in [-0.2, -0.15) is 4.31 Å². The van der Waals surface area contributed by atoms with Crippen LogP contribution in [0.5, 0.6) is 0 Å². The molecule has 0 amide bonds. The quantitative estimate of drug-likeness (QED) is 0.551. The van der Waals surface area contributed by atoms with Crippen LogP contribution < -0.4 is 0 Å². The van der Waals surface area contributed by atoms with Gasteiger partial charge < -0.3 is 0 Å². The average molecular weight is 397 g/mol. The third kappa shape index (κ3) is 4.13. The third-order valence-corrected chi connectivity index (χ3v) is 7.07. The fourth-order valence-corrected chi connectivity index (χ4v) is 5.08. The lowest BCUT2D eigenvalue weighted by molar-refractivity contribution is 0.102. The van der Waals surface area contributed by atoms with Crippen molar-refractivity contribution in [3.05, 3.63) is 59.7 Å². The van der Waals surface area contributed by atoms with Crippen molar-refractivity contribution >= 4 is 27.6 Å². The van der Waals surface area contributed by atoms with Crippen molar-refractivity contribution in [3.63, 3.8) is 0 Å². The highest BCUT2D eigenvalue weighted by atomic mass is 32.2. The first-order valence-corrected chi connectivity index (χ1v) is 10.5. The molecule has 0 aliphatic carbocycles. The number of carbonyl (C=O) groups is 1. The van der Waals surface area contributed by atoms with Crippen LogP contribution in [0.2, 0.25) is 0 Å². The molecular weight excluding hydrogens is 380 g/mol. The summed E-state index contributed by atoms with van der Waals surface area (Å²) in [4.78, 5) is 12.4. The van der Waals surface area contributed by atoms with Crippen LogP contribution in [-0.4, -0.2) is 37.3 Å². The number of ketones is 1. The molecule has 2 aromatic carbocycles. The minimum Gasteiger partial charge on any atom is -0.293 e. The fourth-order valence-electron chi connectivity index (χ4n) is 2.70. The van der Waals surface area contributed by atoms with Gasteiger partial charge in [0, 0.05) is 23.5 Å². The second-order valence-electron chi connectivity index (χ2n) is 5.92. The molecule has 1 fully saturated rings. The van der Waals surface area contributed by atoms with E-state index < -0.39 is 21.7 Å². The number of Topliss-reactive ketones (excluding diaryl/α,β-unsaturated/α-hetero) is 1. The van der Waals surface area contributed by atoms with E-state index in [4.69, 9.17) is 0 Å². The van der Waals surface area contributed by atoms with Crippen LogP contribution in [0.4, 0.5) is 8.78 Å². The first kappa shape index (κ1) is 19.0. The number of hydrogen-bond donors (Lipinski definition) is 0. The predicted molar refractivity (Wildman–Crippen MR) is 95.8 cm³/mol. The van der Waals surface area contributed by atoms with Crippen LogP contribution >= 0.6 is 11.8 Å². The van der Waals surface area contributed by atoms with Gasteiger partial charge in [-0.05, 0) is 43.2 Å². The minimum absolute atomic E-state index is 0.0616. The molecule has 4 nitrogen and oxygen atoms in total. The second kappa shape index (κ2) is 7.85. The summed E-state index contributed by atoms with van der Waals surface area (Å²) in [5, 5.41) is 0. The summed E-state index contributed by atoms with van der Waals surface area (Å²) in [6.07, 6.45) is 1.70. The van der Waals surface area contributed by atoms with E-state index in [1.165, 1.54) is 28.6 Å². The Kier molecular flexibility index (Phi) is 5.74. The van der Waals surface area contributed by atoms with Gasteiger partial charge in [-0.1, -0.05) is 12.1 Å². The highest BCUT2D eigenvalue weighted by molar-refractivity contribution is 8.00. The second-order valence-corrected chi connectivity index (χ2v) is 8.88. The van der Waals surface area contributed by atoms with Gasteiger partial charge >= 0.3 is 0 Å². The molecular formula is C18H17F2NO3S2. The van der Waals surface area contributed by atoms with Gasteiger partial charge in [-0.3, -0.25) is 4.79 Å². The van der Waals surface area contributed by atoms with E-state index in [0.717, 1.165) is 42.8 Å². The minimum atomic E-state index is -3.52. The monoisotopic (exact) mass is 397 g/mol. The number of rotatable bonds is 6. The summed E-state index contributed by atoms with van der Waals surface area (Å²) in [6.45, 7) is 1.03. The van der Waals surface area contributed by atoms with Crippen molar-refractivity contribution in [3.8, 4) is 0 Å². The van der Waals surface area contributed by atoms with E-state index in [2.05, 4.69) is 0 Å². The van der Waals surface area contributed by atoms with Gasteiger partial charge in [0.05, 0.1) is 10.6 Å². The average Bonchev–Trinajstić information content (AvgIpc) is 3.18. The van der Waals surface area contributed by atoms with Crippen molar-refractivity contribution in [2.45, 2.75) is 22.6 Å². The molecule has 0 saturated carbocycles. The van der Waals surface area contributed by atoms with E-state index in [1.54, 1.807) is 0 Å². The van der Waals surface area contributed by atoms with Gasteiger partial charge in [0.25, 0.3) is 0 Å². The normalized spacial score (nSPS) is 15.3. The highest BCUT2D eigenvalue weighted by Gasteiger charge is 2.27. The molecule has 0 bridgehead atoms. The van der Waals surface area contributed by atoms with E-state index in [0.29, 0.717) is 18.7 Å². The molecule has 3 rings (SSSR count). The van der Waals surface area contributed by atoms with Crippen molar-refractivity contribution in [1.82, 2.24) is 4.31 Å². The van der Waals surface area contributed by atoms with Gasteiger partial charge in [0.1, 0.15) is 11.6 Å². The Hall–Kier alpha value is -1.77. The smallest absolute Gasteiger partial charge is 0.243 e. The number of halogens is 2. The largest absolute Gasteiger partial charge is 0.293 e. The summed E-state index contributed by atoms with van der Waals surface area (Å²) >= 11 is 0.903. The lowest BCUT2D eigenvalue weighted by Gasteiger charge is -2.15. The van der Waals surface area contributed by atoms with Crippen LogP contribution in [0.1, 0.15) is 23.2 Å². The van der Waals surface area contributed by atoms with E-state index in [1.807, 2.05) is 0 Å². The Morgan fingerprint density at radius 2 is 1.69 bits per heavy atom. The Labute approximate surface area is 155 Å². The van der Waals surface area contributed by atoms with E-state index >= 15 is 0 Å². The van der Waals surface area contributed by atoms with Crippen molar-refractivity contribution in [2.24, 2.45) is 0 Å². The molecule has 138 valence electrons. The molecule has 1 heterocycles. The first-order valence-electron chi connectivity index (χ1n) is 8.09. The molecule has 2 aromatic rings. The zero-order valence-corrected chi connectivity index (χ0v) is 15.5. The van der Waals surface area contributed by atoms with E-state index in [9.17, 15) is 22.0 Å². The molecule has 0 N–H and O–H groups in total. The maximum atomic E-state index is 13.6. The van der Waals surface area contributed by atoms with Crippen LogP contribution in [-0.2, 0) is 10.0 Å². The number of carbonyl (C=O) groups excluding carboxylic acids is 1. The zero-order chi connectivity index (χ0) is 18.7. The highest BCUT2D eigenvalue weighted by Crippen LogP contribution is 2.25. The SMILES string of the molecule is O=C(CSc1cc(F)ccc1F)c1ccc(S(=O)(=O)N2CCCC2)cc1. The van der Waals surface area contributed by atoms with Crippen LogP contribution in [0, 0.1) is 11.6 Å². The van der Waals surface area contributed by atoms with Crippen molar-refractivity contribution in [2.75, 3.05) is 18.8 Å². The summed E-state index contributed by atoms with van der Waals surface area (Å²) in [5.41, 5.74) is 0.328. The zero-order valence-electron chi connectivity index (χ0n) is 13.8. The molecule has 0 atom stereocenters. The summed E-state index contributed by atoms with van der Waals surface area (Å²) in [5.74, 6) is -1.52. The maximum absolute atomic E-state index is 13.6. The van der Waals surface area contributed by atoms with Crippen LogP contribution in [0.3, 0.4) is 0 Å². The molecule has 8 heteroatoms. The Balaban J connectivity index is 1.68. The molecule has 1 aliphatic rings. The van der Waals surface area contributed by atoms with Crippen molar-refractivity contribution in [1.29, 1.82) is 0 Å². The van der Waals surface area contributed by atoms with Crippen LogP contribution in [0.25, 0.3) is 0 Å². The summed E-state index contributed by atoms with van der Waals surface area (Å²) in [7, 11) is -3.52.